The molecule has 0 saturated carbocycles. The van der Waals surface area contributed by atoms with Gasteiger partial charge in [-0.3, -0.25) is 14.9 Å². The first kappa shape index (κ1) is 20.2. The van der Waals surface area contributed by atoms with Crippen LogP contribution in [0.1, 0.15) is 33.1 Å². The van der Waals surface area contributed by atoms with E-state index in [9.17, 15) is 24.8 Å². The van der Waals surface area contributed by atoms with Crippen molar-refractivity contribution in [3.63, 3.8) is 0 Å². The number of hydrogen-bond donors (Lipinski definition) is 2. The maximum absolute atomic E-state index is 12.4. The molecule has 0 fully saturated rings. The number of rotatable bonds is 7. The second kappa shape index (κ2) is 8.23. The van der Waals surface area contributed by atoms with Gasteiger partial charge in [-0.2, -0.15) is 0 Å². The number of carboxylic acid groups (broad SMARTS) is 1. The molecule has 0 unspecified atom stereocenters. The maximum atomic E-state index is 12.4. The number of hydrogen-bond acceptors (Lipinski definition) is 7. The third kappa shape index (κ3) is 4.49. The van der Waals surface area contributed by atoms with Crippen LogP contribution in [0.5, 0.6) is 0 Å². The molecule has 1 aromatic carbocycles. The fraction of sp³-hybridized carbons (Fsp3) is 0.211. The summed E-state index contributed by atoms with van der Waals surface area (Å²) in [7, 11) is 0. The largest absolute Gasteiger partial charge is 0.477 e. The highest BCUT2D eigenvalue weighted by atomic mass is 32.1. The number of aromatic nitrogens is 1. The number of nitrogens with zero attached hydrogens (tertiary/aromatic N) is 2. The van der Waals surface area contributed by atoms with Crippen LogP contribution in [0.25, 0.3) is 10.4 Å². The van der Waals surface area contributed by atoms with E-state index in [0.717, 1.165) is 16.9 Å². The number of carbonyl (C=O) groups is 2. The van der Waals surface area contributed by atoms with E-state index in [0.29, 0.717) is 28.3 Å². The van der Waals surface area contributed by atoms with Crippen LogP contribution in [0.15, 0.2) is 34.9 Å². The Kier molecular flexibility index (Phi) is 5.74. The molecular formula is C19H17N3O6S. The zero-order chi connectivity index (χ0) is 21.1. The van der Waals surface area contributed by atoms with Crippen molar-refractivity contribution < 1.29 is 24.1 Å². The number of aromatic carboxylic acids is 1. The van der Waals surface area contributed by atoms with Gasteiger partial charge in [0.1, 0.15) is 10.6 Å². The second-order valence-corrected chi connectivity index (χ2v) is 7.37. The zero-order valence-corrected chi connectivity index (χ0v) is 16.4. The molecule has 2 heterocycles. The topological polar surface area (TPSA) is 136 Å². The summed E-state index contributed by atoms with van der Waals surface area (Å²) >= 11 is 0.942. The fourth-order valence-corrected chi connectivity index (χ4v) is 3.82. The molecule has 0 saturated heterocycles. The zero-order valence-electron chi connectivity index (χ0n) is 15.6. The number of non-ortho nitro benzene ring substituents is 1. The number of aryl methyl sites for hydroxylation is 2. The van der Waals surface area contributed by atoms with Gasteiger partial charge in [0.05, 0.1) is 16.3 Å². The van der Waals surface area contributed by atoms with Gasteiger partial charge >= 0.3 is 5.97 Å². The van der Waals surface area contributed by atoms with Crippen LogP contribution in [0.4, 0.5) is 11.4 Å². The standard InChI is InChI=1S/C19H17N3O6S/c1-10-14(11(2)28-21-10)6-7-17(23)20-15-9-16(29-18(15)19(24)25)12-4-3-5-13(8-12)22(26)27/h3-5,8-9H,6-7H2,1-2H3,(H,20,23)(H,24,25). The smallest absolute Gasteiger partial charge is 0.348 e. The van der Waals surface area contributed by atoms with Crippen molar-refractivity contribution >= 4 is 34.6 Å². The summed E-state index contributed by atoms with van der Waals surface area (Å²) in [5.74, 6) is -0.895. The lowest BCUT2D eigenvalue weighted by Crippen LogP contribution is -2.14. The van der Waals surface area contributed by atoms with E-state index < -0.39 is 10.9 Å². The predicted octanol–water partition coefficient (Wildman–Crippen LogP) is 4.20. The third-order valence-electron chi connectivity index (χ3n) is 4.33. The first-order valence-electron chi connectivity index (χ1n) is 8.59. The summed E-state index contributed by atoms with van der Waals surface area (Å²) < 4.78 is 5.07. The second-order valence-electron chi connectivity index (χ2n) is 6.32. The molecule has 1 amide bonds. The summed E-state index contributed by atoms with van der Waals surface area (Å²) in [6, 6.07) is 7.40. The predicted molar refractivity (Wildman–Crippen MR) is 106 cm³/mol. The summed E-state index contributed by atoms with van der Waals surface area (Å²) in [6.07, 6.45) is 0.543. The van der Waals surface area contributed by atoms with Gasteiger partial charge in [0.2, 0.25) is 5.91 Å². The molecule has 0 aliphatic heterocycles. The highest BCUT2D eigenvalue weighted by molar-refractivity contribution is 7.18. The van der Waals surface area contributed by atoms with Crippen LogP contribution < -0.4 is 5.32 Å². The van der Waals surface area contributed by atoms with Crippen molar-refractivity contribution in [2.24, 2.45) is 0 Å². The van der Waals surface area contributed by atoms with Gasteiger partial charge in [-0.25, -0.2) is 4.79 Å². The molecule has 0 bridgehead atoms. The number of anilines is 1. The lowest BCUT2D eigenvalue weighted by atomic mass is 10.1. The van der Waals surface area contributed by atoms with E-state index in [1.54, 1.807) is 19.9 Å². The molecule has 0 atom stereocenters. The molecule has 9 nitrogen and oxygen atoms in total. The van der Waals surface area contributed by atoms with E-state index in [2.05, 4.69) is 10.5 Å². The molecule has 10 heteroatoms. The minimum atomic E-state index is -1.19. The molecule has 2 N–H and O–H groups in total. The van der Waals surface area contributed by atoms with Gasteiger partial charge in [0.25, 0.3) is 5.69 Å². The highest BCUT2D eigenvalue weighted by Gasteiger charge is 2.20. The number of nitro groups is 1. The number of amides is 1. The minimum absolute atomic E-state index is 0.0443. The third-order valence-corrected chi connectivity index (χ3v) is 5.50. The summed E-state index contributed by atoms with van der Waals surface area (Å²) in [5, 5.41) is 26.9. The van der Waals surface area contributed by atoms with Gasteiger partial charge in [-0.15, -0.1) is 11.3 Å². The fourth-order valence-electron chi connectivity index (χ4n) is 2.87. The van der Waals surface area contributed by atoms with Gasteiger partial charge in [-0.05, 0) is 31.9 Å². The Labute approximate surface area is 169 Å². The molecule has 0 aliphatic carbocycles. The normalized spacial score (nSPS) is 10.7. The Morgan fingerprint density at radius 2 is 2.07 bits per heavy atom. The molecule has 0 radical (unpaired) electrons. The van der Waals surface area contributed by atoms with Gasteiger partial charge in [0.15, 0.2) is 0 Å². The summed E-state index contributed by atoms with van der Waals surface area (Å²) in [6.45, 7) is 3.55. The van der Waals surface area contributed by atoms with E-state index in [-0.39, 0.29) is 28.6 Å². The Hall–Kier alpha value is -3.53. The van der Waals surface area contributed by atoms with Crippen molar-refractivity contribution in [1.82, 2.24) is 5.16 Å². The van der Waals surface area contributed by atoms with Gasteiger partial charge in [-0.1, -0.05) is 17.3 Å². The first-order chi connectivity index (χ1) is 13.8. The Bertz CT molecular complexity index is 1080. The first-order valence-corrected chi connectivity index (χ1v) is 9.41. The minimum Gasteiger partial charge on any atom is -0.477 e. The maximum Gasteiger partial charge on any atom is 0.348 e. The van der Waals surface area contributed by atoms with Crippen molar-refractivity contribution in [2.75, 3.05) is 5.32 Å². The molecule has 29 heavy (non-hydrogen) atoms. The van der Waals surface area contributed by atoms with Crippen LogP contribution in [0.2, 0.25) is 0 Å². The van der Waals surface area contributed by atoms with Crippen LogP contribution in [-0.2, 0) is 11.2 Å². The Morgan fingerprint density at radius 3 is 2.69 bits per heavy atom. The number of carbonyl (C=O) groups excluding carboxylic acids is 1. The van der Waals surface area contributed by atoms with E-state index in [1.165, 1.54) is 24.3 Å². The van der Waals surface area contributed by atoms with E-state index in [1.807, 2.05) is 0 Å². The highest BCUT2D eigenvalue weighted by Crippen LogP contribution is 2.36. The number of nitro benzene ring substituents is 1. The van der Waals surface area contributed by atoms with Crippen LogP contribution >= 0.6 is 11.3 Å². The van der Waals surface area contributed by atoms with Gasteiger partial charge < -0.3 is 14.9 Å². The van der Waals surface area contributed by atoms with Gasteiger partial charge in [0, 0.05) is 29.0 Å². The molecule has 150 valence electrons. The number of nitrogens with one attached hydrogen (secondary N) is 1. The van der Waals surface area contributed by atoms with Crippen molar-refractivity contribution in [2.45, 2.75) is 26.7 Å². The summed E-state index contributed by atoms with van der Waals surface area (Å²) in [5.41, 5.74) is 2.12. The SMILES string of the molecule is Cc1noc(C)c1CCC(=O)Nc1cc(-c2cccc([N+](=O)[O-])c2)sc1C(=O)O. The van der Waals surface area contributed by atoms with E-state index >= 15 is 0 Å². The molecule has 2 aromatic heterocycles. The Morgan fingerprint density at radius 1 is 1.31 bits per heavy atom. The summed E-state index contributed by atoms with van der Waals surface area (Å²) in [4.78, 5) is 34.9. The lowest BCUT2D eigenvalue weighted by molar-refractivity contribution is -0.384. The number of thiophene rings is 1. The van der Waals surface area contributed by atoms with Crippen LogP contribution in [-0.4, -0.2) is 27.1 Å². The number of benzene rings is 1. The molecule has 3 aromatic rings. The Balaban J connectivity index is 1.80. The molecule has 0 aliphatic rings. The average Bonchev–Trinajstić information content (AvgIpc) is 3.24. The van der Waals surface area contributed by atoms with E-state index in [4.69, 9.17) is 4.52 Å². The molecule has 3 rings (SSSR count). The van der Waals surface area contributed by atoms with Crippen LogP contribution in [0, 0.1) is 24.0 Å². The molecular weight excluding hydrogens is 398 g/mol. The van der Waals surface area contributed by atoms with Crippen molar-refractivity contribution in [1.29, 1.82) is 0 Å². The van der Waals surface area contributed by atoms with Crippen molar-refractivity contribution in [3.05, 3.63) is 62.3 Å². The molecule has 0 spiro atoms. The monoisotopic (exact) mass is 415 g/mol. The van der Waals surface area contributed by atoms with Crippen molar-refractivity contribution in [3.8, 4) is 10.4 Å². The quantitative estimate of drug-likeness (QED) is 0.436. The van der Waals surface area contributed by atoms with Crippen LogP contribution in [0.3, 0.4) is 0 Å². The lowest BCUT2D eigenvalue weighted by Gasteiger charge is -2.04. The average molecular weight is 415 g/mol. The number of carboxylic acids is 1.